The first-order chi connectivity index (χ1) is 12.7. The topological polar surface area (TPSA) is 40.1 Å². The zero-order chi connectivity index (χ0) is 18.6. The third kappa shape index (κ3) is 9.25. The molecule has 2 rings (SSSR count). The van der Waals surface area contributed by atoms with Gasteiger partial charge < -0.3 is 19.9 Å². The minimum atomic E-state index is 0. The number of likely N-dealkylation sites (N-methyl/N-ethyl adjacent to an activating group) is 1. The van der Waals surface area contributed by atoms with Gasteiger partial charge in [-0.1, -0.05) is 43.7 Å². The van der Waals surface area contributed by atoms with Gasteiger partial charge in [-0.3, -0.25) is 4.99 Å². The lowest BCUT2D eigenvalue weighted by atomic mass is 10.1. The zero-order valence-corrected chi connectivity index (χ0v) is 19.5. The van der Waals surface area contributed by atoms with Gasteiger partial charge >= 0.3 is 0 Å². The molecule has 1 unspecified atom stereocenters. The molecule has 1 heterocycles. The molecule has 1 aromatic rings. The molecule has 1 aromatic carbocycles. The Morgan fingerprint density at radius 2 is 2.07 bits per heavy atom. The minimum absolute atomic E-state index is 0. The van der Waals surface area contributed by atoms with Crippen LogP contribution in [-0.2, 0) is 11.3 Å². The smallest absolute Gasteiger partial charge is 0.193 e. The van der Waals surface area contributed by atoms with E-state index in [1.807, 2.05) is 13.1 Å². The maximum absolute atomic E-state index is 5.92. The van der Waals surface area contributed by atoms with Crippen molar-refractivity contribution in [3.63, 3.8) is 0 Å². The van der Waals surface area contributed by atoms with Crippen molar-refractivity contribution in [2.45, 2.75) is 32.8 Å². The number of unbranched alkanes of at least 4 members (excludes halogenated alkanes) is 1. The average Bonchev–Trinajstić information content (AvgIpc) is 3.13. The summed E-state index contributed by atoms with van der Waals surface area (Å²) in [5.41, 5.74) is 1.24. The summed E-state index contributed by atoms with van der Waals surface area (Å²) in [5, 5.41) is 3.51. The molecule has 5 nitrogen and oxygen atoms in total. The second-order valence-corrected chi connectivity index (χ2v) is 7.23. The number of guanidine groups is 1. The van der Waals surface area contributed by atoms with Crippen LogP contribution in [0.1, 0.15) is 31.7 Å². The predicted octanol–water partition coefficient (Wildman–Crippen LogP) is 3.45. The fourth-order valence-corrected chi connectivity index (χ4v) is 3.31. The van der Waals surface area contributed by atoms with Gasteiger partial charge in [0.15, 0.2) is 5.96 Å². The minimum Gasteiger partial charge on any atom is -0.376 e. The number of nitrogens with one attached hydrogen (secondary N) is 1. The summed E-state index contributed by atoms with van der Waals surface area (Å²) in [6.07, 6.45) is 3.69. The van der Waals surface area contributed by atoms with E-state index in [0.29, 0.717) is 12.5 Å². The van der Waals surface area contributed by atoms with Crippen LogP contribution in [0.5, 0.6) is 0 Å². The molecule has 0 amide bonds. The van der Waals surface area contributed by atoms with Gasteiger partial charge in [-0.25, -0.2) is 0 Å². The van der Waals surface area contributed by atoms with Gasteiger partial charge in [0.1, 0.15) is 0 Å². The summed E-state index contributed by atoms with van der Waals surface area (Å²) >= 11 is 0. The summed E-state index contributed by atoms with van der Waals surface area (Å²) in [7, 11) is 4.07. The van der Waals surface area contributed by atoms with Crippen LogP contribution in [0.15, 0.2) is 35.3 Å². The van der Waals surface area contributed by atoms with E-state index in [4.69, 9.17) is 4.74 Å². The molecule has 27 heavy (non-hydrogen) atoms. The fraction of sp³-hybridized carbons (Fsp3) is 0.667. The van der Waals surface area contributed by atoms with E-state index in [9.17, 15) is 0 Å². The third-order valence-electron chi connectivity index (χ3n) is 4.93. The first kappa shape index (κ1) is 24.2. The molecule has 0 radical (unpaired) electrons. The Labute approximate surface area is 182 Å². The molecule has 154 valence electrons. The van der Waals surface area contributed by atoms with Crippen LogP contribution in [0.3, 0.4) is 0 Å². The molecule has 1 fully saturated rings. The molecule has 0 aliphatic carbocycles. The van der Waals surface area contributed by atoms with Crippen molar-refractivity contribution in [1.29, 1.82) is 0 Å². The predicted molar refractivity (Wildman–Crippen MR) is 125 cm³/mol. The Morgan fingerprint density at radius 3 is 2.78 bits per heavy atom. The molecule has 0 bridgehead atoms. The maximum Gasteiger partial charge on any atom is 0.193 e. The second kappa shape index (κ2) is 14.2. The average molecular weight is 488 g/mol. The molecule has 1 saturated heterocycles. The van der Waals surface area contributed by atoms with Gasteiger partial charge in [-0.05, 0) is 32.0 Å². The van der Waals surface area contributed by atoms with E-state index in [1.165, 1.54) is 31.4 Å². The molecular formula is C21H37IN4O. The van der Waals surface area contributed by atoms with Gasteiger partial charge in [0.2, 0.25) is 0 Å². The largest absolute Gasteiger partial charge is 0.376 e. The van der Waals surface area contributed by atoms with Crippen molar-refractivity contribution >= 4 is 29.9 Å². The van der Waals surface area contributed by atoms with Crippen LogP contribution in [0.2, 0.25) is 0 Å². The summed E-state index contributed by atoms with van der Waals surface area (Å²) in [6, 6.07) is 10.4. The Hall–Kier alpha value is -0.860. The SMILES string of the molecule is CCCCN(C)CCNC(=NC)N1CCC(COCc2ccccc2)C1.I. The number of hydrogen-bond donors (Lipinski definition) is 1. The highest BCUT2D eigenvalue weighted by Gasteiger charge is 2.24. The van der Waals surface area contributed by atoms with Gasteiger partial charge in [0.25, 0.3) is 0 Å². The summed E-state index contributed by atoms with van der Waals surface area (Å²) in [5.74, 6) is 1.61. The molecule has 1 aliphatic heterocycles. The van der Waals surface area contributed by atoms with Crippen LogP contribution in [0.25, 0.3) is 0 Å². The van der Waals surface area contributed by atoms with E-state index >= 15 is 0 Å². The zero-order valence-electron chi connectivity index (χ0n) is 17.2. The quantitative estimate of drug-likeness (QED) is 0.311. The van der Waals surface area contributed by atoms with Crippen molar-refractivity contribution in [2.24, 2.45) is 10.9 Å². The molecule has 0 spiro atoms. The fourth-order valence-electron chi connectivity index (χ4n) is 3.31. The summed E-state index contributed by atoms with van der Waals surface area (Å²) < 4.78 is 5.92. The van der Waals surface area contributed by atoms with Crippen molar-refractivity contribution in [1.82, 2.24) is 15.1 Å². The third-order valence-corrected chi connectivity index (χ3v) is 4.93. The molecule has 0 aromatic heterocycles. The maximum atomic E-state index is 5.92. The Balaban J connectivity index is 0.00000364. The van der Waals surface area contributed by atoms with E-state index in [2.05, 4.69) is 58.3 Å². The highest BCUT2D eigenvalue weighted by atomic mass is 127. The van der Waals surface area contributed by atoms with Crippen molar-refractivity contribution in [3.8, 4) is 0 Å². The van der Waals surface area contributed by atoms with E-state index in [1.54, 1.807) is 0 Å². The van der Waals surface area contributed by atoms with Crippen molar-refractivity contribution < 1.29 is 4.74 Å². The monoisotopic (exact) mass is 488 g/mol. The van der Waals surface area contributed by atoms with Crippen LogP contribution in [0.4, 0.5) is 0 Å². The lowest BCUT2D eigenvalue weighted by Gasteiger charge is -2.23. The molecule has 1 aliphatic rings. The van der Waals surface area contributed by atoms with Crippen LogP contribution < -0.4 is 5.32 Å². The molecule has 1 atom stereocenters. The number of aliphatic imine (C=N–C) groups is 1. The Morgan fingerprint density at radius 1 is 1.30 bits per heavy atom. The summed E-state index contributed by atoms with van der Waals surface area (Å²) in [6.45, 7) is 9.01. The Kier molecular flexibility index (Phi) is 12.7. The van der Waals surface area contributed by atoms with Crippen molar-refractivity contribution in [2.75, 3.05) is 53.4 Å². The number of likely N-dealkylation sites (tertiary alicyclic amines) is 1. The molecular weight excluding hydrogens is 451 g/mol. The van der Waals surface area contributed by atoms with Gasteiger partial charge in [0, 0.05) is 39.1 Å². The van der Waals surface area contributed by atoms with Gasteiger partial charge in [-0.2, -0.15) is 0 Å². The lowest BCUT2D eigenvalue weighted by Crippen LogP contribution is -2.43. The summed E-state index contributed by atoms with van der Waals surface area (Å²) in [4.78, 5) is 9.21. The van der Waals surface area contributed by atoms with Crippen LogP contribution in [0, 0.1) is 5.92 Å². The van der Waals surface area contributed by atoms with E-state index in [-0.39, 0.29) is 24.0 Å². The van der Waals surface area contributed by atoms with Crippen LogP contribution >= 0.6 is 24.0 Å². The Bertz CT molecular complexity index is 526. The number of ether oxygens (including phenoxy) is 1. The first-order valence-electron chi connectivity index (χ1n) is 9.98. The second-order valence-electron chi connectivity index (χ2n) is 7.23. The first-order valence-corrected chi connectivity index (χ1v) is 9.98. The lowest BCUT2D eigenvalue weighted by molar-refractivity contribution is 0.0906. The number of rotatable bonds is 10. The molecule has 6 heteroatoms. The normalized spacial score (nSPS) is 17.3. The standard InChI is InChI=1S/C21H36N4O.HI/c1-4-5-13-24(3)15-12-23-21(22-2)25-14-11-20(16-25)18-26-17-19-9-7-6-8-10-19;/h6-10,20H,4-5,11-18H2,1-3H3,(H,22,23);1H. The highest BCUT2D eigenvalue weighted by Crippen LogP contribution is 2.17. The van der Waals surface area contributed by atoms with E-state index < -0.39 is 0 Å². The number of nitrogens with zero attached hydrogens (tertiary/aromatic N) is 3. The van der Waals surface area contributed by atoms with Gasteiger partial charge in [-0.15, -0.1) is 24.0 Å². The molecule has 1 N–H and O–H groups in total. The van der Waals surface area contributed by atoms with Crippen LogP contribution in [-0.4, -0.2) is 69.2 Å². The van der Waals surface area contributed by atoms with Gasteiger partial charge in [0.05, 0.1) is 13.2 Å². The number of hydrogen-bond acceptors (Lipinski definition) is 3. The van der Waals surface area contributed by atoms with Crippen molar-refractivity contribution in [3.05, 3.63) is 35.9 Å². The molecule has 0 saturated carbocycles. The number of halogens is 1. The van der Waals surface area contributed by atoms with E-state index in [0.717, 1.165) is 38.7 Å². The highest BCUT2D eigenvalue weighted by molar-refractivity contribution is 14.0. The number of benzene rings is 1.